The molecule has 1 fully saturated rings. The van der Waals surface area contributed by atoms with Gasteiger partial charge in [-0.2, -0.15) is 0 Å². The Balaban J connectivity index is 2.08. The van der Waals surface area contributed by atoms with E-state index in [-0.39, 0.29) is 11.8 Å². The second-order valence-corrected chi connectivity index (χ2v) is 5.24. The number of hydrogen-bond donors (Lipinski definition) is 4. The van der Waals surface area contributed by atoms with Gasteiger partial charge in [0.05, 0.1) is 12.5 Å². The molecule has 1 amide bonds. The predicted molar refractivity (Wildman–Crippen MR) is 68.7 cm³/mol. The van der Waals surface area contributed by atoms with E-state index >= 15 is 0 Å². The minimum absolute atomic E-state index is 0.345. The number of aliphatic hydroxyl groups excluding tert-OH is 3. The topological polar surface area (TPSA) is 125 Å². The fourth-order valence-electron chi connectivity index (χ4n) is 2.25. The maximum atomic E-state index is 11.9. The Labute approximate surface area is 121 Å². The van der Waals surface area contributed by atoms with E-state index in [2.05, 4.69) is 5.32 Å². The van der Waals surface area contributed by atoms with E-state index in [9.17, 15) is 19.8 Å². The van der Waals surface area contributed by atoms with Crippen molar-refractivity contribution in [2.75, 3.05) is 6.61 Å². The summed E-state index contributed by atoms with van der Waals surface area (Å²) in [7, 11) is 0. The van der Waals surface area contributed by atoms with Gasteiger partial charge in [0.2, 0.25) is 12.2 Å². The monoisotopic (exact) mass is 301 g/mol. The van der Waals surface area contributed by atoms with Gasteiger partial charge in [-0.05, 0) is 6.92 Å². The van der Waals surface area contributed by atoms with Gasteiger partial charge in [0.1, 0.15) is 24.4 Å². The fourth-order valence-corrected chi connectivity index (χ4v) is 2.25. The molecule has 1 aliphatic heterocycles. The van der Waals surface area contributed by atoms with Crippen LogP contribution in [0.15, 0.2) is 11.6 Å². The van der Waals surface area contributed by atoms with Crippen LogP contribution in [0.5, 0.6) is 0 Å². The lowest BCUT2D eigenvalue weighted by Crippen LogP contribution is -2.65. The van der Waals surface area contributed by atoms with Gasteiger partial charge in [-0.3, -0.25) is 9.59 Å². The van der Waals surface area contributed by atoms with Crippen molar-refractivity contribution in [2.24, 2.45) is 5.92 Å². The summed E-state index contributed by atoms with van der Waals surface area (Å²) in [4.78, 5) is 23.0. The van der Waals surface area contributed by atoms with Crippen molar-refractivity contribution < 1.29 is 34.4 Å². The molecule has 1 heterocycles. The minimum Gasteiger partial charge on any atom is -0.434 e. The standard InChI is InChI=1S/C13H19NO7/c1-5-3-7(5)12(19)14-9-11(18)10(17)8(4-15)21-13(9)20-6(2)16/h3,7-11,13,15,17-18H,4H2,1-2H3,(H,14,19)/t7?,8?,9-,10-,11?,13?/m1/s1. The first-order valence-corrected chi connectivity index (χ1v) is 6.63. The van der Waals surface area contributed by atoms with E-state index in [1.807, 2.05) is 0 Å². The zero-order valence-corrected chi connectivity index (χ0v) is 11.7. The SMILES string of the molecule is CC(=O)OC1OC(CO)[C@@H](O)C(O)[C@H]1NC(=O)C1C=C1C. The molecule has 21 heavy (non-hydrogen) atoms. The third-order valence-electron chi connectivity index (χ3n) is 3.57. The molecule has 4 unspecified atom stereocenters. The van der Waals surface area contributed by atoms with E-state index in [0.717, 1.165) is 12.5 Å². The molecule has 8 nitrogen and oxygen atoms in total. The van der Waals surface area contributed by atoms with Crippen molar-refractivity contribution in [1.82, 2.24) is 5.32 Å². The fraction of sp³-hybridized carbons (Fsp3) is 0.692. The zero-order valence-electron chi connectivity index (χ0n) is 11.7. The summed E-state index contributed by atoms with van der Waals surface area (Å²) in [5, 5.41) is 31.5. The van der Waals surface area contributed by atoms with Crippen molar-refractivity contribution in [3.8, 4) is 0 Å². The normalized spacial score (nSPS) is 38.4. The summed E-state index contributed by atoms with van der Waals surface area (Å²) >= 11 is 0. The lowest BCUT2D eigenvalue weighted by Gasteiger charge is -2.41. The van der Waals surface area contributed by atoms with Crippen LogP contribution in [0.25, 0.3) is 0 Å². The lowest BCUT2D eigenvalue weighted by atomic mass is 9.96. The Bertz CT molecular complexity index is 463. The maximum Gasteiger partial charge on any atom is 0.305 e. The van der Waals surface area contributed by atoms with Crippen LogP contribution in [-0.4, -0.2) is 64.4 Å². The molecule has 0 spiro atoms. The Kier molecular flexibility index (Phi) is 4.62. The molecule has 0 aromatic rings. The second-order valence-electron chi connectivity index (χ2n) is 5.24. The number of esters is 1. The molecule has 2 rings (SSSR count). The highest BCUT2D eigenvalue weighted by atomic mass is 16.7. The van der Waals surface area contributed by atoms with E-state index in [1.54, 1.807) is 13.0 Å². The van der Waals surface area contributed by atoms with E-state index < -0.39 is 43.2 Å². The highest BCUT2D eigenvalue weighted by Crippen LogP contribution is 2.29. The van der Waals surface area contributed by atoms with Crippen molar-refractivity contribution >= 4 is 11.9 Å². The van der Waals surface area contributed by atoms with Crippen LogP contribution in [0, 0.1) is 5.92 Å². The quantitative estimate of drug-likeness (QED) is 0.351. The summed E-state index contributed by atoms with van der Waals surface area (Å²) in [5.74, 6) is -1.38. The number of hydrogen-bond acceptors (Lipinski definition) is 7. The molecule has 0 bridgehead atoms. The largest absolute Gasteiger partial charge is 0.434 e. The van der Waals surface area contributed by atoms with Crippen LogP contribution >= 0.6 is 0 Å². The first-order valence-electron chi connectivity index (χ1n) is 6.63. The second kappa shape index (κ2) is 6.10. The number of rotatable bonds is 4. The highest BCUT2D eigenvalue weighted by Gasteiger charge is 2.47. The maximum absolute atomic E-state index is 11.9. The number of nitrogens with one attached hydrogen (secondary N) is 1. The average Bonchev–Trinajstić information content (AvgIpc) is 3.14. The van der Waals surface area contributed by atoms with Crippen molar-refractivity contribution in [3.05, 3.63) is 11.6 Å². The van der Waals surface area contributed by atoms with Gasteiger partial charge in [-0.25, -0.2) is 0 Å². The van der Waals surface area contributed by atoms with Crippen LogP contribution in [0.1, 0.15) is 13.8 Å². The zero-order chi connectivity index (χ0) is 15.7. The Morgan fingerprint density at radius 1 is 1.38 bits per heavy atom. The number of aliphatic hydroxyl groups is 3. The Morgan fingerprint density at radius 3 is 2.48 bits per heavy atom. The summed E-state index contributed by atoms with van der Waals surface area (Å²) < 4.78 is 10.1. The van der Waals surface area contributed by atoms with Gasteiger partial charge in [-0.1, -0.05) is 11.6 Å². The molecule has 118 valence electrons. The third kappa shape index (κ3) is 3.41. The molecule has 0 saturated carbocycles. The molecule has 1 aliphatic carbocycles. The van der Waals surface area contributed by atoms with Crippen LogP contribution in [0.2, 0.25) is 0 Å². The molecule has 0 aromatic heterocycles. The lowest BCUT2D eigenvalue weighted by molar-refractivity contribution is -0.262. The molecular weight excluding hydrogens is 282 g/mol. The number of amides is 1. The molecule has 0 radical (unpaired) electrons. The van der Waals surface area contributed by atoms with E-state index in [0.29, 0.717) is 0 Å². The predicted octanol–water partition coefficient (Wildman–Crippen LogP) is -1.95. The Morgan fingerprint density at radius 2 is 2.00 bits per heavy atom. The van der Waals surface area contributed by atoms with Crippen LogP contribution in [-0.2, 0) is 19.1 Å². The van der Waals surface area contributed by atoms with E-state index in [4.69, 9.17) is 14.6 Å². The average molecular weight is 301 g/mol. The van der Waals surface area contributed by atoms with Crippen molar-refractivity contribution in [3.63, 3.8) is 0 Å². The van der Waals surface area contributed by atoms with Gasteiger partial charge in [0, 0.05) is 6.92 Å². The van der Waals surface area contributed by atoms with Gasteiger partial charge in [0.15, 0.2) is 0 Å². The molecule has 6 atom stereocenters. The van der Waals surface area contributed by atoms with Crippen molar-refractivity contribution in [1.29, 1.82) is 0 Å². The summed E-state index contributed by atoms with van der Waals surface area (Å²) in [5.41, 5.74) is 0.900. The van der Waals surface area contributed by atoms with E-state index in [1.165, 1.54) is 0 Å². The number of carbonyl (C=O) groups is 2. The van der Waals surface area contributed by atoms with Gasteiger partial charge < -0.3 is 30.1 Å². The third-order valence-corrected chi connectivity index (χ3v) is 3.57. The van der Waals surface area contributed by atoms with Crippen LogP contribution < -0.4 is 5.32 Å². The molecular formula is C13H19NO7. The Hall–Kier alpha value is -1.48. The number of carbonyl (C=O) groups excluding carboxylic acids is 2. The molecule has 4 N–H and O–H groups in total. The van der Waals surface area contributed by atoms with Gasteiger partial charge in [-0.15, -0.1) is 0 Å². The van der Waals surface area contributed by atoms with Crippen LogP contribution in [0.4, 0.5) is 0 Å². The molecule has 0 aromatic carbocycles. The molecule has 1 saturated heterocycles. The van der Waals surface area contributed by atoms with Gasteiger partial charge >= 0.3 is 5.97 Å². The summed E-state index contributed by atoms with van der Waals surface area (Å²) in [6.07, 6.45) is -3.47. The minimum atomic E-state index is -1.43. The van der Waals surface area contributed by atoms with Crippen LogP contribution in [0.3, 0.4) is 0 Å². The van der Waals surface area contributed by atoms with Gasteiger partial charge in [0.25, 0.3) is 0 Å². The highest BCUT2D eigenvalue weighted by molar-refractivity contribution is 5.88. The first kappa shape index (κ1) is 15.9. The number of ether oxygens (including phenoxy) is 2. The molecule has 2 aliphatic rings. The first-order chi connectivity index (χ1) is 9.85. The summed E-state index contributed by atoms with van der Waals surface area (Å²) in [6.45, 7) is 2.39. The molecule has 8 heteroatoms. The van der Waals surface area contributed by atoms with Crippen molar-refractivity contribution in [2.45, 2.75) is 44.5 Å². The summed E-state index contributed by atoms with van der Waals surface area (Å²) in [6, 6.07) is -1.11. The smallest absolute Gasteiger partial charge is 0.305 e.